The van der Waals surface area contributed by atoms with Gasteiger partial charge in [-0.15, -0.1) is 4.36 Å². The van der Waals surface area contributed by atoms with E-state index in [2.05, 4.69) is 29.4 Å². The average molecular weight is 388 g/mol. The summed E-state index contributed by atoms with van der Waals surface area (Å²) in [4.78, 5) is 22.7. The maximum Gasteiger partial charge on any atom is 0.441 e. The molecule has 0 fully saturated rings. The van der Waals surface area contributed by atoms with E-state index in [0.29, 0.717) is 11.3 Å². The third-order valence-corrected chi connectivity index (χ3v) is 4.31. The lowest BCUT2D eigenvalue weighted by Crippen LogP contribution is -2.08. The van der Waals surface area contributed by atoms with Gasteiger partial charge < -0.3 is 10.1 Å². The summed E-state index contributed by atoms with van der Waals surface area (Å²) < 4.78 is 34.4. The van der Waals surface area contributed by atoms with Crippen LogP contribution in [-0.2, 0) is 20.2 Å². The number of hydrogen-bond acceptors (Lipinski definition) is 7. The molecular weight excluding hydrogens is 373 g/mol. The topological polar surface area (TPSA) is 106 Å². The van der Waals surface area contributed by atoms with Crippen molar-refractivity contribution in [3.63, 3.8) is 0 Å². The van der Waals surface area contributed by atoms with Gasteiger partial charge in [-0.25, -0.2) is 23.4 Å². The van der Waals surface area contributed by atoms with Crippen molar-refractivity contribution in [2.45, 2.75) is 12.7 Å². The second-order valence-corrected chi connectivity index (χ2v) is 7.67. The van der Waals surface area contributed by atoms with Gasteiger partial charge in [0.15, 0.2) is 0 Å². The Morgan fingerprint density at radius 1 is 1.40 bits per heavy atom. The molecule has 11 heteroatoms. The van der Waals surface area contributed by atoms with Gasteiger partial charge in [-0.3, -0.25) is 0 Å². The van der Waals surface area contributed by atoms with E-state index >= 15 is 0 Å². The number of benzene rings is 1. The van der Waals surface area contributed by atoms with Crippen molar-refractivity contribution in [3.05, 3.63) is 41.2 Å². The minimum absolute atomic E-state index is 0.0149. The highest BCUT2D eigenvalue weighted by Gasteiger charge is 2.11. The molecule has 0 saturated heterocycles. The minimum atomic E-state index is -2.93. The minimum Gasteiger partial charge on any atom is -0.448 e. The highest BCUT2D eigenvalue weighted by Crippen LogP contribution is 2.19. The number of nitrogens with one attached hydrogen (secondary N) is 1. The van der Waals surface area contributed by atoms with Crippen molar-refractivity contribution < 1.29 is 18.1 Å². The first-order valence-corrected chi connectivity index (χ1v) is 9.52. The van der Waals surface area contributed by atoms with Crippen LogP contribution in [0.2, 0.25) is 5.28 Å². The molecule has 0 bridgehead atoms. The first kappa shape index (κ1) is 19.0. The van der Waals surface area contributed by atoms with Crippen molar-refractivity contribution in [2.75, 3.05) is 18.2 Å². The van der Waals surface area contributed by atoms with Gasteiger partial charge in [-0.1, -0.05) is 0 Å². The third-order valence-electron chi connectivity index (χ3n) is 2.73. The van der Waals surface area contributed by atoms with Crippen molar-refractivity contribution in [1.82, 2.24) is 15.0 Å². The summed E-state index contributed by atoms with van der Waals surface area (Å²) in [6.45, 7) is 1.74. The van der Waals surface area contributed by atoms with Gasteiger partial charge in [-0.2, -0.15) is 4.98 Å². The molecule has 8 nitrogen and oxygen atoms in total. The van der Waals surface area contributed by atoms with Crippen molar-refractivity contribution in [1.29, 1.82) is 0 Å². The SMILES string of the molecule is CCOC(=O)N=S(C)(=O)Cc1cc(F)cc(Nc2ncnc(Cl)n2)c1. The van der Waals surface area contributed by atoms with Gasteiger partial charge in [0.05, 0.1) is 22.1 Å². The van der Waals surface area contributed by atoms with Crippen LogP contribution in [0.1, 0.15) is 12.5 Å². The molecule has 1 amide bonds. The fraction of sp³-hybridized carbons (Fsp3) is 0.286. The molecule has 0 radical (unpaired) electrons. The third kappa shape index (κ3) is 6.24. The molecule has 0 aliphatic heterocycles. The molecule has 1 atom stereocenters. The average Bonchev–Trinajstić information content (AvgIpc) is 2.45. The lowest BCUT2D eigenvalue weighted by Gasteiger charge is -2.09. The van der Waals surface area contributed by atoms with Gasteiger partial charge >= 0.3 is 6.09 Å². The van der Waals surface area contributed by atoms with Crippen LogP contribution in [0.25, 0.3) is 0 Å². The van der Waals surface area contributed by atoms with Crippen LogP contribution in [0.15, 0.2) is 28.9 Å². The smallest absolute Gasteiger partial charge is 0.441 e. The Labute approximate surface area is 149 Å². The van der Waals surface area contributed by atoms with Crippen LogP contribution >= 0.6 is 11.6 Å². The Balaban J connectivity index is 2.24. The Morgan fingerprint density at radius 2 is 2.16 bits per heavy atom. The molecule has 1 aromatic heterocycles. The number of nitrogens with zero attached hydrogens (tertiary/aromatic N) is 4. The predicted octanol–water partition coefficient (Wildman–Crippen LogP) is 3.16. The summed E-state index contributed by atoms with van der Waals surface area (Å²) in [5, 5.41) is 2.76. The van der Waals surface area contributed by atoms with Crippen LogP contribution in [0, 0.1) is 5.82 Å². The lowest BCUT2D eigenvalue weighted by molar-refractivity contribution is 0.164. The Morgan fingerprint density at radius 3 is 2.84 bits per heavy atom. The summed E-state index contributed by atoms with van der Waals surface area (Å²) in [5.74, 6) is -0.563. The van der Waals surface area contributed by atoms with Gasteiger partial charge in [0.25, 0.3) is 0 Å². The maximum absolute atomic E-state index is 13.8. The van der Waals surface area contributed by atoms with E-state index in [1.54, 1.807) is 13.0 Å². The number of amides is 1. The van der Waals surface area contributed by atoms with Crippen molar-refractivity contribution >= 4 is 39.1 Å². The Hall–Kier alpha value is -2.33. The zero-order valence-corrected chi connectivity index (χ0v) is 15.0. The number of halogens is 2. The fourth-order valence-corrected chi connectivity index (χ4v) is 3.26. The largest absolute Gasteiger partial charge is 0.448 e. The quantitative estimate of drug-likeness (QED) is 0.839. The monoisotopic (exact) mass is 387 g/mol. The first-order chi connectivity index (χ1) is 11.8. The molecule has 0 saturated carbocycles. The molecular formula is C14H15ClFN5O3S. The van der Waals surface area contributed by atoms with Gasteiger partial charge in [-0.05, 0) is 42.3 Å². The molecule has 1 heterocycles. The van der Waals surface area contributed by atoms with Gasteiger partial charge in [0.2, 0.25) is 11.2 Å². The molecule has 25 heavy (non-hydrogen) atoms. The second kappa shape index (κ2) is 8.17. The van der Waals surface area contributed by atoms with Crippen LogP contribution in [-0.4, -0.2) is 38.1 Å². The number of aromatic nitrogens is 3. The first-order valence-electron chi connectivity index (χ1n) is 7.05. The van der Waals surface area contributed by atoms with Crippen LogP contribution < -0.4 is 5.32 Å². The summed E-state index contributed by atoms with van der Waals surface area (Å²) >= 11 is 5.66. The highest BCUT2D eigenvalue weighted by molar-refractivity contribution is 7.92. The summed E-state index contributed by atoms with van der Waals surface area (Å²) in [6.07, 6.45) is 1.59. The molecule has 1 unspecified atom stereocenters. The maximum atomic E-state index is 13.8. The summed E-state index contributed by atoms with van der Waals surface area (Å²) in [6, 6.07) is 3.96. The van der Waals surface area contributed by atoms with E-state index in [-0.39, 0.29) is 23.6 Å². The number of carbonyl (C=O) groups excluding carboxylic acids is 1. The zero-order chi connectivity index (χ0) is 18.4. The zero-order valence-electron chi connectivity index (χ0n) is 13.4. The summed E-state index contributed by atoms with van der Waals surface area (Å²) in [7, 11) is -2.93. The number of hydrogen-bond donors (Lipinski definition) is 1. The van der Waals surface area contributed by atoms with E-state index < -0.39 is 21.6 Å². The van der Waals surface area contributed by atoms with E-state index in [9.17, 15) is 13.4 Å². The highest BCUT2D eigenvalue weighted by atomic mass is 35.5. The van der Waals surface area contributed by atoms with Crippen LogP contribution in [0.3, 0.4) is 0 Å². The van der Waals surface area contributed by atoms with Crippen molar-refractivity contribution in [3.8, 4) is 0 Å². The molecule has 2 rings (SSSR count). The standard InChI is InChI=1S/C14H15ClFN5O3S/c1-3-24-14(22)21-25(2,23)7-9-4-10(16)6-11(5-9)19-13-18-8-17-12(15)20-13/h4-6,8H,3,7H2,1-2H3,(H,17,18,19,20). The van der Waals surface area contributed by atoms with Gasteiger partial charge in [0, 0.05) is 11.9 Å². The summed E-state index contributed by atoms with van der Waals surface area (Å²) in [5.41, 5.74) is 0.701. The normalized spacial score (nSPS) is 13.0. The molecule has 1 N–H and O–H groups in total. The Kier molecular flexibility index (Phi) is 6.21. The molecule has 2 aromatic rings. The molecule has 134 valence electrons. The van der Waals surface area contributed by atoms with Gasteiger partial charge in [0.1, 0.15) is 12.1 Å². The molecule has 0 aliphatic rings. The predicted molar refractivity (Wildman–Crippen MR) is 91.7 cm³/mol. The number of ether oxygens (including phenoxy) is 1. The second-order valence-electron chi connectivity index (χ2n) is 4.95. The fourth-order valence-electron chi connectivity index (χ4n) is 1.92. The van der Waals surface area contributed by atoms with Crippen LogP contribution in [0.4, 0.5) is 20.8 Å². The number of rotatable bonds is 5. The van der Waals surface area contributed by atoms with Crippen LogP contribution in [0.5, 0.6) is 0 Å². The van der Waals surface area contributed by atoms with Crippen molar-refractivity contribution in [2.24, 2.45) is 4.36 Å². The molecule has 0 spiro atoms. The van der Waals surface area contributed by atoms with E-state index in [1.165, 1.54) is 24.7 Å². The lowest BCUT2D eigenvalue weighted by atomic mass is 10.2. The van der Waals surface area contributed by atoms with E-state index in [1.807, 2.05) is 0 Å². The number of carbonyl (C=O) groups is 1. The number of anilines is 2. The van der Waals surface area contributed by atoms with E-state index in [0.717, 1.165) is 0 Å². The Bertz CT molecular complexity index is 902. The van der Waals surface area contributed by atoms with E-state index in [4.69, 9.17) is 11.6 Å². The molecule has 1 aromatic carbocycles. The molecule has 0 aliphatic carbocycles.